The molecular formula is C16H24N2O2. The summed E-state index contributed by atoms with van der Waals surface area (Å²) >= 11 is 0. The highest BCUT2D eigenvalue weighted by molar-refractivity contribution is 5.95. The molecule has 0 aromatic heterocycles. The van der Waals surface area contributed by atoms with E-state index in [1.54, 1.807) is 6.07 Å². The van der Waals surface area contributed by atoms with E-state index in [0.29, 0.717) is 5.69 Å². The predicted molar refractivity (Wildman–Crippen MR) is 82.4 cm³/mol. The molecule has 1 heterocycles. The molecule has 1 atom stereocenters. The van der Waals surface area contributed by atoms with Gasteiger partial charge < -0.3 is 15.7 Å². The highest BCUT2D eigenvalue weighted by Crippen LogP contribution is 2.29. The molecule has 1 aromatic carbocycles. The van der Waals surface area contributed by atoms with Crippen molar-refractivity contribution in [2.24, 2.45) is 5.92 Å². The third kappa shape index (κ3) is 3.06. The van der Waals surface area contributed by atoms with Gasteiger partial charge in [-0.1, -0.05) is 13.3 Å². The first-order valence-electron chi connectivity index (χ1n) is 7.41. The number of hydrogen-bond acceptors (Lipinski definition) is 3. The van der Waals surface area contributed by atoms with Gasteiger partial charge in [-0.2, -0.15) is 0 Å². The monoisotopic (exact) mass is 276 g/mol. The Morgan fingerprint density at radius 3 is 2.80 bits per heavy atom. The van der Waals surface area contributed by atoms with Gasteiger partial charge in [-0.3, -0.25) is 0 Å². The number of benzene rings is 1. The van der Waals surface area contributed by atoms with Crippen molar-refractivity contribution in [1.29, 1.82) is 0 Å². The van der Waals surface area contributed by atoms with Crippen molar-refractivity contribution >= 4 is 17.3 Å². The van der Waals surface area contributed by atoms with Gasteiger partial charge in [0.25, 0.3) is 0 Å². The average Bonchev–Trinajstić information content (AvgIpc) is 2.66. The van der Waals surface area contributed by atoms with Gasteiger partial charge in [-0.25, -0.2) is 4.79 Å². The maximum Gasteiger partial charge on any atom is 0.337 e. The summed E-state index contributed by atoms with van der Waals surface area (Å²) in [6.45, 7) is 6.12. The number of hydrogen-bond donors (Lipinski definition) is 2. The minimum absolute atomic E-state index is 0.219. The third-order valence-electron chi connectivity index (χ3n) is 4.39. The molecule has 4 heteroatoms. The maximum atomic E-state index is 11.3. The van der Waals surface area contributed by atoms with Crippen LogP contribution in [0.15, 0.2) is 12.1 Å². The second-order valence-electron chi connectivity index (χ2n) is 5.72. The molecular weight excluding hydrogens is 252 g/mol. The van der Waals surface area contributed by atoms with Crippen molar-refractivity contribution < 1.29 is 9.90 Å². The Kier molecular flexibility index (Phi) is 4.53. The SMILES string of the molecule is CCC1CCCN(c2cc(C)c(N)c(C(=O)O)c2)CC1. The topological polar surface area (TPSA) is 66.6 Å². The number of aryl methyl sites for hydroxylation is 1. The van der Waals surface area contributed by atoms with Gasteiger partial charge in [0.1, 0.15) is 0 Å². The van der Waals surface area contributed by atoms with Crippen LogP contribution in [0.4, 0.5) is 11.4 Å². The van der Waals surface area contributed by atoms with E-state index in [1.807, 2.05) is 13.0 Å². The van der Waals surface area contributed by atoms with Crippen molar-refractivity contribution in [3.63, 3.8) is 0 Å². The molecule has 0 saturated carbocycles. The van der Waals surface area contributed by atoms with E-state index in [9.17, 15) is 9.90 Å². The number of nitrogen functional groups attached to an aromatic ring is 1. The van der Waals surface area contributed by atoms with Gasteiger partial charge >= 0.3 is 5.97 Å². The lowest BCUT2D eigenvalue weighted by molar-refractivity contribution is 0.0698. The fourth-order valence-electron chi connectivity index (χ4n) is 2.97. The zero-order chi connectivity index (χ0) is 14.7. The zero-order valence-electron chi connectivity index (χ0n) is 12.4. The molecule has 1 aliphatic heterocycles. The standard InChI is InChI=1S/C16H24N2O2/c1-3-12-5-4-7-18(8-6-12)13-9-11(2)15(17)14(10-13)16(19)20/h9-10,12H,3-8,17H2,1-2H3,(H,19,20). The minimum Gasteiger partial charge on any atom is -0.478 e. The number of anilines is 2. The number of carboxylic acids is 1. The fraction of sp³-hybridized carbons (Fsp3) is 0.562. The summed E-state index contributed by atoms with van der Waals surface area (Å²) < 4.78 is 0. The fourth-order valence-corrected chi connectivity index (χ4v) is 2.97. The number of carboxylic acid groups (broad SMARTS) is 1. The van der Waals surface area contributed by atoms with Gasteiger partial charge in [0, 0.05) is 24.5 Å². The first-order chi connectivity index (χ1) is 9.52. The molecule has 1 saturated heterocycles. The number of rotatable bonds is 3. The lowest BCUT2D eigenvalue weighted by Crippen LogP contribution is -2.25. The van der Waals surface area contributed by atoms with Crippen molar-refractivity contribution in [2.45, 2.75) is 39.5 Å². The van der Waals surface area contributed by atoms with E-state index in [0.717, 1.165) is 30.3 Å². The van der Waals surface area contributed by atoms with Crippen LogP contribution in [-0.2, 0) is 0 Å². The van der Waals surface area contributed by atoms with Gasteiger partial charge in [0.15, 0.2) is 0 Å². The Hall–Kier alpha value is -1.71. The zero-order valence-corrected chi connectivity index (χ0v) is 12.4. The quantitative estimate of drug-likeness (QED) is 0.831. The molecule has 0 aliphatic carbocycles. The van der Waals surface area contributed by atoms with Crippen LogP contribution in [0.1, 0.15) is 48.5 Å². The van der Waals surface area contributed by atoms with Crippen LogP contribution in [0, 0.1) is 12.8 Å². The molecule has 1 aromatic rings. The van der Waals surface area contributed by atoms with Crippen LogP contribution in [0.25, 0.3) is 0 Å². The van der Waals surface area contributed by atoms with Crippen LogP contribution in [-0.4, -0.2) is 24.2 Å². The molecule has 1 unspecified atom stereocenters. The molecule has 20 heavy (non-hydrogen) atoms. The molecule has 0 radical (unpaired) electrons. The van der Waals surface area contributed by atoms with Gasteiger partial charge in [0.05, 0.1) is 5.56 Å². The largest absolute Gasteiger partial charge is 0.478 e. The van der Waals surface area contributed by atoms with E-state index < -0.39 is 5.97 Å². The van der Waals surface area contributed by atoms with Crippen molar-refractivity contribution in [2.75, 3.05) is 23.7 Å². The molecule has 2 rings (SSSR count). The van der Waals surface area contributed by atoms with E-state index >= 15 is 0 Å². The Morgan fingerprint density at radius 2 is 2.15 bits per heavy atom. The van der Waals surface area contributed by atoms with Gasteiger partial charge in [0.2, 0.25) is 0 Å². The van der Waals surface area contributed by atoms with Crippen molar-refractivity contribution in [3.05, 3.63) is 23.3 Å². The van der Waals surface area contributed by atoms with Crippen LogP contribution in [0.2, 0.25) is 0 Å². The van der Waals surface area contributed by atoms with Crippen LogP contribution in [0.3, 0.4) is 0 Å². The van der Waals surface area contributed by atoms with Crippen LogP contribution in [0.5, 0.6) is 0 Å². The molecule has 1 aliphatic rings. The van der Waals surface area contributed by atoms with E-state index in [-0.39, 0.29) is 5.56 Å². The highest BCUT2D eigenvalue weighted by Gasteiger charge is 2.19. The first-order valence-corrected chi connectivity index (χ1v) is 7.41. The second-order valence-corrected chi connectivity index (χ2v) is 5.72. The van der Waals surface area contributed by atoms with Crippen molar-refractivity contribution in [3.8, 4) is 0 Å². The molecule has 0 amide bonds. The van der Waals surface area contributed by atoms with Crippen LogP contribution >= 0.6 is 0 Å². The predicted octanol–water partition coefficient (Wildman–Crippen LogP) is 3.29. The van der Waals surface area contributed by atoms with E-state index in [1.165, 1.54) is 25.7 Å². The Balaban J connectivity index is 2.26. The third-order valence-corrected chi connectivity index (χ3v) is 4.39. The van der Waals surface area contributed by atoms with E-state index in [4.69, 9.17) is 5.73 Å². The molecule has 0 spiro atoms. The summed E-state index contributed by atoms with van der Waals surface area (Å²) in [5.41, 5.74) is 8.29. The molecule has 3 N–H and O–H groups in total. The van der Waals surface area contributed by atoms with E-state index in [2.05, 4.69) is 11.8 Å². The van der Waals surface area contributed by atoms with Crippen LogP contribution < -0.4 is 10.6 Å². The Labute approximate surface area is 120 Å². The first kappa shape index (κ1) is 14.7. The number of nitrogens with zero attached hydrogens (tertiary/aromatic N) is 1. The molecule has 1 fully saturated rings. The summed E-state index contributed by atoms with van der Waals surface area (Å²) in [4.78, 5) is 13.6. The van der Waals surface area contributed by atoms with Crippen molar-refractivity contribution in [1.82, 2.24) is 0 Å². The normalized spacial score (nSPS) is 19.7. The highest BCUT2D eigenvalue weighted by atomic mass is 16.4. The summed E-state index contributed by atoms with van der Waals surface area (Å²) in [7, 11) is 0. The smallest absolute Gasteiger partial charge is 0.337 e. The number of nitrogens with two attached hydrogens (primary N) is 1. The Morgan fingerprint density at radius 1 is 1.40 bits per heavy atom. The summed E-state index contributed by atoms with van der Waals surface area (Å²) in [6.07, 6.45) is 4.86. The molecule has 4 nitrogen and oxygen atoms in total. The number of aromatic carboxylic acids is 1. The average molecular weight is 276 g/mol. The van der Waals surface area contributed by atoms with Gasteiger partial charge in [-0.15, -0.1) is 0 Å². The molecule has 0 bridgehead atoms. The van der Waals surface area contributed by atoms with Gasteiger partial charge in [-0.05, 0) is 49.8 Å². The minimum atomic E-state index is -0.950. The maximum absolute atomic E-state index is 11.3. The lowest BCUT2D eigenvalue weighted by atomic mass is 9.98. The summed E-state index contributed by atoms with van der Waals surface area (Å²) in [5.74, 6) is -0.150. The Bertz CT molecular complexity index is 499. The lowest BCUT2D eigenvalue weighted by Gasteiger charge is -2.24. The summed E-state index contributed by atoms with van der Waals surface area (Å²) in [6, 6.07) is 3.73. The second kappa shape index (κ2) is 6.16. The number of carbonyl (C=O) groups is 1. The summed E-state index contributed by atoms with van der Waals surface area (Å²) in [5, 5.41) is 9.25. The molecule has 110 valence electrons.